The molecule has 0 fully saturated rings. The van der Waals surface area contributed by atoms with Gasteiger partial charge in [-0.05, 0) is 30.1 Å². The minimum Gasteiger partial charge on any atom is -0.260 e. The van der Waals surface area contributed by atoms with E-state index in [9.17, 15) is 0 Å². The van der Waals surface area contributed by atoms with E-state index in [0.717, 1.165) is 0 Å². The first kappa shape index (κ1) is 7.78. The molecule has 1 aliphatic heterocycles. The Morgan fingerprint density at radius 1 is 1.60 bits per heavy atom. The average Bonchev–Trinajstić information content (AvgIpc) is 1.82. The smallest absolute Gasteiger partial charge is 0.222 e. The van der Waals surface area contributed by atoms with Gasteiger partial charge in [-0.2, -0.15) is 4.99 Å². The molecule has 1 heterocycles. The molecule has 1 atom stereocenters. The van der Waals surface area contributed by atoms with Gasteiger partial charge in [-0.1, -0.05) is 0 Å². The molecule has 0 radical (unpaired) electrons. The lowest BCUT2D eigenvalue weighted by Crippen LogP contribution is -2.43. The van der Waals surface area contributed by atoms with E-state index in [0.29, 0.717) is 0 Å². The van der Waals surface area contributed by atoms with Crippen LogP contribution in [-0.2, 0) is 0 Å². The van der Waals surface area contributed by atoms with E-state index < -0.39 is 0 Å². The van der Waals surface area contributed by atoms with Crippen molar-refractivity contribution < 1.29 is 0 Å². The molecular formula is C4H6Cl2N4. The highest BCUT2D eigenvalue weighted by molar-refractivity contribution is 6.71. The molecule has 0 aliphatic carbocycles. The number of hydrazine groups is 1. The monoisotopic (exact) mass is 180 g/mol. The molecule has 0 saturated heterocycles. The van der Waals surface area contributed by atoms with Gasteiger partial charge in [0, 0.05) is 0 Å². The molecule has 0 aromatic carbocycles. The summed E-state index contributed by atoms with van der Waals surface area (Å²) in [5, 5.41) is 1.53. The van der Waals surface area contributed by atoms with Crippen LogP contribution in [0.5, 0.6) is 0 Å². The Hall–Kier alpha value is -0.320. The number of hydrogen-bond donors (Lipinski definition) is 1. The largest absolute Gasteiger partial charge is 0.260 e. The van der Waals surface area contributed by atoms with Crippen molar-refractivity contribution in [3.8, 4) is 0 Å². The van der Waals surface area contributed by atoms with Crippen LogP contribution in [0.3, 0.4) is 0 Å². The van der Waals surface area contributed by atoms with Gasteiger partial charge in [0.05, 0.1) is 0 Å². The van der Waals surface area contributed by atoms with E-state index >= 15 is 0 Å². The van der Waals surface area contributed by atoms with E-state index in [1.807, 2.05) is 0 Å². The number of nitrogens with two attached hydrogens (primary N) is 1. The van der Waals surface area contributed by atoms with Crippen molar-refractivity contribution in [2.45, 2.75) is 13.1 Å². The number of nitrogens with zero attached hydrogens (tertiary/aromatic N) is 3. The van der Waals surface area contributed by atoms with Crippen molar-refractivity contribution in [1.82, 2.24) is 5.01 Å². The van der Waals surface area contributed by atoms with Gasteiger partial charge in [-0.3, -0.25) is 5.01 Å². The molecule has 10 heavy (non-hydrogen) atoms. The number of rotatable bonds is 0. The normalized spacial score (nSPS) is 26.0. The Morgan fingerprint density at radius 2 is 2.20 bits per heavy atom. The van der Waals surface area contributed by atoms with Gasteiger partial charge in [-0.25, -0.2) is 10.8 Å². The zero-order valence-electron chi connectivity index (χ0n) is 5.25. The molecule has 1 aliphatic rings. The molecule has 1 rings (SSSR count). The molecule has 4 nitrogen and oxygen atoms in total. The number of halogens is 2. The van der Waals surface area contributed by atoms with Crippen LogP contribution in [0.4, 0.5) is 0 Å². The van der Waals surface area contributed by atoms with Crippen molar-refractivity contribution in [3.63, 3.8) is 0 Å². The van der Waals surface area contributed by atoms with Crippen LogP contribution in [0.1, 0.15) is 6.92 Å². The van der Waals surface area contributed by atoms with E-state index in [1.54, 1.807) is 6.92 Å². The van der Waals surface area contributed by atoms with Crippen LogP contribution >= 0.6 is 23.2 Å². The van der Waals surface area contributed by atoms with Crippen molar-refractivity contribution in [2.75, 3.05) is 0 Å². The second-order valence-electron chi connectivity index (χ2n) is 1.82. The van der Waals surface area contributed by atoms with Gasteiger partial charge in [0.2, 0.25) is 10.6 Å². The average molecular weight is 181 g/mol. The van der Waals surface area contributed by atoms with E-state index in [4.69, 9.17) is 29.0 Å². The molecule has 0 amide bonds. The fourth-order valence-electron chi connectivity index (χ4n) is 0.533. The second kappa shape index (κ2) is 2.74. The third-order valence-corrected chi connectivity index (χ3v) is 1.56. The molecule has 0 aromatic heterocycles. The van der Waals surface area contributed by atoms with Crippen LogP contribution in [-0.4, -0.2) is 21.8 Å². The Morgan fingerprint density at radius 3 is 2.70 bits per heavy atom. The summed E-state index contributed by atoms with van der Waals surface area (Å²) in [6, 6.07) is 0. The summed E-state index contributed by atoms with van der Waals surface area (Å²) in [7, 11) is 0. The molecular weight excluding hydrogens is 175 g/mol. The van der Waals surface area contributed by atoms with Gasteiger partial charge in [0.1, 0.15) is 6.17 Å². The van der Waals surface area contributed by atoms with Gasteiger partial charge in [0.15, 0.2) is 0 Å². The lowest BCUT2D eigenvalue weighted by Gasteiger charge is -2.23. The van der Waals surface area contributed by atoms with Crippen LogP contribution in [0.15, 0.2) is 9.98 Å². The highest BCUT2D eigenvalue weighted by Gasteiger charge is 2.17. The number of aliphatic imine (C=N–C) groups is 2. The summed E-state index contributed by atoms with van der Waals surface area (Å²) in [4.78, 5) is 7.44. The molecule has 6 heteroatoms. The topological polar surface area (TPSA) is 54.0 Å². The second-order valence-corrected chi connectivity index (χ2v) is 2.49. The molecule has 0 saturated carbocycles. The van der Waals surface area contributed by atoms with Crippen LogP contribution < -0.4 is 5.84 Å². The Bertz CT molecular complexity index is 199. The highest BCUT2D eigenvalue weighted by atomic mass is 35.5. The van der Waals surface area contributed by atoms with Crippen LogP contribution in [0.2, 0.25) is 0 Å². The van der Waals surface area contributed by atoms with Gasteiger partial charge < -0.3 is 0 Å². The number of amidine groups is 2. The van der Waals surface area contributed by atoms with Gasteiger partial charge >= 0.3 is 0 Å². The maximum absolute atomic E-state index is 5.54. The summed E-state index contributed by atoms with van der Waals surface area (Å²) in [5.41, 5.74) is 0. The fraction of sp³-hybridized carbons (Fsp3) is 0.500. The van der Waals surface area contributed by atoms with Crippen molar-refractivity contribution in [1.29, 1.82) is 0 Å². The summed E-state index contributed by atoms with van der Waals surface area (Å²) in [6.07, 6.45) is -0.238. The molecule has 0 aromatic rings. The van der Waals surface area contributed by atoms with Crippen molar-refractivity contribution in [3.05, 3.63) is 0 Å². The van der Waals surface area contributed by atoms with Crippen LogP contribution in [0, 0.1) is 0 Å². The van der Waals surface area contributed by atoms with Gasteiger partial charge in [-0.15, -0.1) is 0 Å². The zero-order valence-corrected chi connectivity index (χ0v) is 6.76. The minimum absolute atomic E-state index is 0.138. The lowest BCUT2D eigenvalue weighted by atomic mass is 10.5. The molecule has 0 bridgehead atoms. The summed E-state index contributed by atoms with van der Waals surface area (Å²) >= 11 is 11.0. The Kier molecular flexibility index (Phi) is 2.13. The quantitative estimate of drug-likeness (QED) is 0.442. The Labute approximate surface area is 68.3 Å². The first-order valence-corrected chi connectivity index (χ1v) is 3.38. The SMILES string of the molecule is CC1N=C(Cl)N=C(Cl)N1N. The lowest BCUT2D eigenvalue weighted by molar-refractivity contribution is 0.354. The minimum atomic E-state index is -0.238. The standard InChI is InChI=1S/C4H6Cl2N4/c1-2-8-3(5)9-4(6)10(2)7/h2H,7H2,1H3. The van der Waals surface area contributed by atoms with E-state index in [-0.39, 0.29) is 16.8 Å². The molecule has 56 valence electrons. The van der Waals surface area contributed by atoms with Crippen molar-refractivity contribution >= 4 is 33.8 Å². The Balaban J connectivity index is 2.85. The van der Waals surface area contributed by atoms with E-state index in [2.05, 4.69) is 9.98 Å². The third-order valence-electron chi connectivity index (χ3n) is 1.09. The molecule has 2 N–H and O–H groups in total. The predicted molar refractivity (Wildman–Crippen MR) is 42.1 cm³/mol. The van der Waals surface area contributed by atoms with Crippen molar-refractivity contribution in [2.24, 2.45) is 15.8 Å². The number of hydrogen-bond acceptors (Lipinski definition) is 4. The first-order chi connectivity index (χ1) is 4.61. The fourth-order valence-corrected chi connectivity index (χ4v) is 1.02. The zero-order chi connectivity index (χ0) is 7.72. The highest BCUT2D eigenvalue weighted by Crippen LogP contribution is 2.08. The van der Waals surface area contributed by atoms with Crippen LogP contribution in [0.25, 0.3) is 0 Å². The van der Waals surface area contributed by atoms with Gasteiger partial charge in [0.25, 0.3) is 0 Å². The van der Waals surface area contributed by atoms with E-state index in [1.165, 1.54) is 5.01 Å². The summed E-state index contributed by atoms with van der Waals surface area (Å²) in [6.45, 7) is 1.76. The molecule has 0 spiro atoms. The maximum Gasteiger partial charge on any atom is 0.222 e. The summed E-state index contributed by atoms with van der Waals surface area (Å²) < 4.78 is 0. The third kappa shape index (κ3) is 1.39. The first-order valence-electron chi connectivity index (χ1n) is 2.62. The molecule has 1 unspecified atom stereocenters. The maximum atomic E-state index is 5.54. The summed E-state index contributed by atoms with van der Waals surface area (Å²) in [5.74, 6) is 5.39. The predicted octanol–water partition coefficient (Wildman–Crippen LogP) is 0.711.